The molecule has 0 saturated carbocycles. The molecule has 8 heteroatoms. The van der Waals surface area contributed by atoms with Crippen LogP contribution in [0.4, 0.5) is 15.4 Å². The number of unbranched alkanes of at least 4 members (excludes halogenated alkanes) is 1. The van der Waals surface area contributed by atoms with Gasteiger partial charge in [-0.2, -0.15) is 0 Å². The number of anilines is 1. The van der Waals surface area contributed by atoms with Crippen LogP contribution in [0.1, 0.15) is 71.2 Å². The number of carbonyl (C=O) groups excluding carboxylic acids is 3. The Bertz CT molecular complexity index is 690. The Balaban J connectivity index is 2.48. The van der Waals surface area contributed by atoms with Crippen molar-refractivity contribution in [3.63, 3.8) is 0 Å². The topological polar surface area (TPSA) is 107 Å². The maximum atomic E-state index is 12.5. The fourth-order valence-corrected chi connectivity index (χ4v) is 2.18. The van der Waals surface area contributed by atoms with Gasteiger partial charge in [0.05, 0.1) is 5.56 Å². The molecule has 0 unspecified atom stereocenters. The molecule has 28 heavy (non-hydrogen) atoms. The molecule has 0 fully saturated rings. The van der Waals surface area contributed by atoms with Crippen molar-refractivity contribution in [1.82, 2.24) is 10.3 Å². The summed E-state index contributed by atoms with van der Waals surface area (Å²) < 4.78 is 10.3. The van der Waals surface area contributed by atoms with Crippen LogP contribution in [-0.2, 0) is 9.47 Å². The summed E-state index contributed by atoms with van der Waals surface area (Å²) in [5.41, 5.74) is -0.865. The van der Waals surface area contributed by atoms with E-state index in [-0.39, 0.29) is 18.0 Å². The third kappa shape index (κ3) is 9.89. The molecule has 2 amide bonds. The lowest BCUT2D eigenvalue weighted by molar-refractivity contribution is 0.0526. The van der Waals surface area contributed by atoms with Gasteiger partial charge in [0, 0.05) is 19.2 Å². The second-order valence-electron chi connectivity index (χ2n) is 8.34. The molecular weight excluding hydrogens is 362 g/mol. The number of carbonyl (C=O) groups is 3. The second-order valence-corrected chi connectivity index (χ2v) is 8.34. The van der Waals surface area contributed by atoms with Crippen molar-refractivity contribution < 1.29 is 23.9 Å². The zero-order chi connectivity index (χ0) is 21.4. The van der Waals surface area contributed by atoms with Crippen LogP contribution in [0.15, 0.2) is 18.3 Å². The van der Waals surface area contributed by atoms with Crippen LogP contribution in [0.25, 0.3) is 0 Å². The van der Waals surface area contributed by atoms with Crippen LogP contribution in [-0.4, -0.2) is 40.7 Å². The lowest BCUT2D eigenvalue weighted by Gasteiger charge is -2.20. The van der Waals surface area contributed by atoms with Crippen LogP contribution in [0.2, 0.25) is 0 Å². The molecule has 0 aliphatic heterocycles. The number of hydrogen-bond donors (Lipinski definition) is 2. The van der Waals surface area contributed by atoms with Crippen molar-refractivity contribution in [2.24, 2.45) is 0 Å². The molecule has 1 aromatic heterocycles. The van der Waals surface area contributed by atoms with E-state index in [0.29, 0.717) is 24.9 Å². The summed E-state index contributed by atoms with van der Waals surface area (Å²) in [7, 11) is 0. The summed E-state index contributed by atoms with van der Waals surface area (Å²) in [6.45, 7) is 11.1. The second kappa shape index (κ2) is 10.1. The number of Topliss-reactive ketones (excluding diaryl/α,β-unsaturated/α-hetero) is 1. The summed E-state index contributed by atoms with van der Waals surface area (Å²) in [5, 5.41) is 5.17. The van der Waals surface area contributed by atoms with E-state index in [1.807, 2.05) is 0 Å². The minimum Gasteiger partial charge on any atom is -0.444 e. The third-order valence-electron chi connectivity index (χ3n) is 3.23. The summed E-state index contributed by atoms with van der Waals surface area (Å²) in [6, 6.07) is 3.25. The van der Waals surface area contributed by atoms with E-state index in [1.54, 1.807) is 53.7 Å². The normalized spacial score (nSPS) is 11.5. The Morgan fingerprint density at radius 1 is 0.964 bits per heavy atom. The molecule has 1 heterocycles. The van der Waals surface area contributed by atoms with Crippen LogP contribution >= 0.6 is 0 Å². The molecule has 0 spiro atoms. The lowest BCUT2D eigenvalue weighted by Crippen LogP contribution is -2.33. The first-order valence-corrected chi connectivity index (χ1v) is 9.32. The van der Waals surface area contributed by atoms with E-state index < -0.39 is 23.4 Å². The Kier molecular flexibility index (Phi) is 8.40. The van der Waals surface area contributed by atoms with Crippen LogP contribution < -0.4 is 10.6 Å². The number of rotatable bonds is 7. The summed E-state index contributed by atoms with van der Waals surface area (Å²) in [5.74, 6) is 0.0325. The molecule has 0 saturated heterocycles. The number of nitrogens with zero attached hydrogens (tertiary/aromatic N) is 1. The van der Waals surface area contributed by atoms with Crippen molar-refractivity contribution >= 4 is 23.8 Å². The van der Waals surface area contributed by atoms with Crippen LogP contribution in [0, 0.1) is 0 Å². The molecule has 0 bridgehead atoms. The molecular formula is C20H31N3O5. The van der Waals surface area contributed by atoms with Crippen LogP contribution in [0.3, 0.4) is 0 Å². The number of aromatic nitrogens is 1. The quantitative estimate of drug-likeness (QED) is 0.528. The highest BCUT2D eigenvalue weighted by Crippen LogP contribution is 2.17. The number of amides is 2. The SMILES string of the molecule is CC(C)(C)OC(=O)NCCCCC(=O)c1cccnc1NC(=O)OC(C)(C)C. The van der Waals surface area contributed by atoms with E-state index in [0.717, 1.165) is 0 Å². The van der Waals surface area contributed by atoms with E-state index >= 15 is 0 Å². The highest BCUT2D eigenvalue weighted by Gasteiger charge is 2.19. The zero-order valence-electron chi connectivity index (χ0n) is 17.5. The van der Waals surface area contributed by atoms with E-state index in [1.165, 1.54) is 6.20 Å². The average Bonchev–Trinajstić information content (AvgIpc) is 2.51. The van der Waals surface area contributed by atoms with Crippen molar-refractivity contribution in [3.05, 3.63) is 23.9 Å². The molecule has 1 aromatic rings. The number of hydrogen-bond acceptors (Lipinski definition) is 6. The van der Waals surface area contributed by atoms with Crippen molar-refractivity contribution in [2.45, 2.75) is 72.0 Å². The molecule has 0 aliphatic carbocycles. The molecule has 0 aliphatic rings. The Morgan fingerprint density at radius 2 is 1.57 bits per heavy atom. The van der Waals surface area contributed by atoms with Gasteiger partial charge in [-0.25, -0.2) is 14.6 Å². The van der Waals surface area contributed by atoms with Gasteiger partial charge in [0.2, 0.25) is 0 Å². The van der Waals surface area contributed by atoms with Gasteiger partial charge in [-0.3, -0.25) is 10.1 Å². The Labute approximate surface area is 166 Å². The maximum absolute atomic E-state index is 12.5. The standard InChI is InChI=1S/C20H31N3O5/c1-19(2,3)27-17(25)22-12-8-7-11-15(24)14-10-9-13-21-16(14)23-18(26)28-20(4,5)6/h9-10,13H,7-8,11-12H2,1-6H3,(H,22,25)(H,21,23,26). The largest absolute Gasteiger partial charge is 0.444 e. The van der Waals surface area contributed by atoms with Crippen molar-refractivity contribution in [2.75, 3.05) is 11.9 Å². The Hall–Kier alpha value is -2.64. The number of pyridine rings is 1. The summed E-state index contributed by atoms with van der Waals surface area (Å²) in [6.07, 6.45) is 1.82. The van der Waals surface area contributed by atoms with Gasteiger partial charge in [-0.05, 0) is 66.5 Å². The predicted molar refractivity (Wildman–Crippen MR) is 107 cm³/mol. The molecule has 8 nitrogen and oxygen atoms in total. The van der Waals surface area contributed by atoms with Crippen molar-refractivity contribution in [1.29, 1.82) is 0 Å². The molecule has 156 valence electrons. The fourth-order valence-electron chi connectivity index (χ4n) is 2.18. The monoisotopic (exact) mass is 393 g/mol. The fraction of sp³-hybridized carbons (Fsp3) is 0.600. The number of ether oxygens (including phenoxy) is 2. The number of ketones is 1. The molecule has 1 rings (SSSR count). The summed E-state index contributed by atoms with van der Waals surface area (Å²) in [4.78, 5) is 40.0. The van der Waals surface area contributed by atoms with Gasteiger partial charge in [-0.1, -0.05) is 0 Å². The van der Waals surface area contributed by atoms with Gasteiger partial charge in [-0.15, -0.1) is 0 Å². The van der Waals surface area contributed by atoms with E-state index in [4.69, 9.17) is 9.47 Å². The maximum Gasteiger partial charge on any atom is 0.413 e. The van der Waals surface area contributed by atoms with Crippen LogP contribution in [0.5, 0.6) is 0 Å². The molecule has 0 atom stereocenters. The number of alkyl carbamates (subject to hydrolysis) is 1. The Morgan fingerprint density at radius 3 is 2.18 bits per heavy atom. The van der Waals surface area contributed by atoms with Gasteiger partial charge < -0.3 is 14.8 Å². The average molecular weight is 393 g/mol. The smallest absolute Gasteiger partial charge is 0.413 e. The highest BCUT2D eigenvalue weighted by atomic mass is 16.6. The van der Waals surface area contributed by atoms with E-state index in [9.17, 15) is 14.4 Å². The van der Waals surface area contributed by atoms with Gasteiger partial charge in [0.1, 0.15) is 17.0 Å². The van der Waals surface area contributed by atoms with Gasteiger partial charge >= 0.3 is 12.2 Å². The number of nitrogens with one attached hydrogen (secondary N) is 2. The third-order valence-corrected chi connectivity index (χ3v) is 3.23. The van der Waals surface area contributed by atoms with Gasteiger partial charge in [0.25, 0.3) is 0 Å². The van der Waals surface area contributed by atoms with E-state index in [2.05, 4.69) is 15.6 Å². The highest BCUT2D eigenvalue weighted by molar-refractivity contribution is 6.02. The first-order valence-electron chi connectivity index (χ1n) is 9.32. The molecule has 2 N–H and O–H groups in total. The summed E-state index contributed by atoms with van der Waals surface area (Å²) >= 11 is 0. The van der Waals surface area contributed by atoms with Crippen molar-refractivity contribution in [3.8, 4) is 0 Å². The first-order chi connectivity index (χ1) is 12.9. The minimum absolute atomic E-state index is 0.142. The zero-order valence-corrected chi connectivity index (χ0v) is 17.5. The first kappa shape index (κ1) is 23.4. The molecule has 0 aromatic carbocycles. The minimum atomic E-state index is -0.665. The molecule has 0 radical (unpaired) electrons. The lowest BCUT2D eigenvalue weighted by atomic mass is 10.1. The van der Waals surface area contributed by atoms with Gasteiger partial charge in [0.15, 0.2) is 5.78 Å². The predicted octanol–water partition coefficient (Wildman–Crippen LogP) is 4.31.